The van der Waals surface area contributed by atoms with Crippen molar-refractivity contribution in [2.45, 2.75) is 40.7 Å². The van der Waals surface area contributed by atoms with Crippen molar-refractivity contribution in [3.63, 3.8) is 0 Å². The number of benzene rings is 4. The lowest BCUT2D eigenvalue weighted by atomic mass is 10.1. The van der Waals surface area contributed by atoms with Gasteiger partial charge in [0.15, 0.2) is 3.92 Å². The summed E-state index contributed by atoms with van der Waals surface area (Å²) in [5.74, 6) is -0.120. The van der Waals surface area contributed by atoms with Gasteiger partial charge in [-0.05, 0) is 83.3 Å². The molecule has 4 aromatic carbocycles. The minimum absolute atomic E-state index is 0.00431. The second-order valence-corrected chi connectivity index (χ2v) is 20.7. The van der Waals surface area contributed by atoms with Gasteiger partial charge in [-0.1, -0.05) is 97.1 Å². The summed E-state index contributed by atoms with van der Waals surface area (Å²) in [6.45, 7) is 9.74. The van der Waals surface area contributed by atoms with E-state index >= 15 is 0 Å². The summed E-state index contributed by atoms with van der Waals surface area (Å²) in [4.78, 5) is 27.9. The molecule has 1 N–H and O–H groups in total. The van der Waals surface area contributed by atoms with Crippen molar-refractivity contribution in [3.05, 3.63) is 179 Å². The van der Waals surface area contributed by atoms with E-state index in [9.17, 15) is 8.78 Å². The van der Waals surface area contributed by atoms with Crippen molar-refractivity contribution in [3.8, 4) is 43.0 Å². The molecule has 0 amide bonds. The average molecular weight is 1010 g/mol. The normalized spacial score (nSPS) is 11.7. The number of hydrogen-bond acceptors (Lipinski definition) is 9. The van der Waals surface area contributed by atoms with Crippen LogP contribution in [-0.4, -0.2) is 31.5 Å². The van der Waals surface area contributed by atoms with Gasteiger partial charge in [0, 0.05) is 73.8 Å². The van der Waals surface area contributed by atoms with Crippen LogP contribution in [0.1, 0.15) is 30.8 Å². The maximum absolute atomic E-state index is 14.2. The molecule has 14 heteroatoms. The maximum atomic E-state index is 14.2. The summed E-state index contributed by atoms with van der Waals surface area (Å²) in [5.41, 5.74) is 6.09. The summed E-state index contributed by atoms with van der Waals surface area (Å²) in [7, 11) is 0. The fourth-order valence-electron chi connectivity index (χ4n) is 6.37. The molecule has 10 rings (SSSR count). The number of nitrogens with zero attached hydrogens (tertiary/aromatic N) is 5. The van der Waals surface area contributed by atoms with Crippen molar-refractivity contribution in [2.75, 3.05) is 11.4 Å². The Morgan fingerprint density at radius 3 is 1.64 bits per heavy atom. The fraction of sp³-hybridized carbons (Fsp3) is 0.149. The highest BCUT2D eigenvalue weighted by molar-refractivity contribution is 9.11. The first-order chi connectivity index (χ1) is 29.5. The fourth-order valence-corrected chi connectivity index (χ4v) is 10.8. The topological polar surface area (TPSA) is 70.6 Å². The first kappa shape index (κ1) is 44.4. The molecule has 0 atom stereocenters. The van der Waals surface area contributed by atoms with Crippen molar-refractivity contribution >= 4 is 83.0 Å². The summed E-state index contributed by atoms with van der Waals surface area (Å²) in [6, 6.07) is 36.4. The lowest BCUT2D eigenvalue weighted by molar-refractivity contribution is 0.589. The zero-order chi connectivity index (χ0) is 42.9. The van der Waals surface area contributed by atoms with Gasteiger partial charge < -0.3 is 9.88 Å². The van der Waals surface area contributed by atoms with E-state index in [2.05, 4.69) is 114 Å². The molecule has 0 bridgehead atoms. The van der Waals surface area contributed by atoms with Crippen LogP contribution in [0.25, 0.3) is 43.0 Å². The van der Waals surface area contributed by atoms with Crippen LogP contribution < -0.4 is 4.90 Å². The molecule has 61 heavy (non-hydrogen) atoms. The van der Waals surface area contributed by atoms with Crippen LogP contribution in [0.2, 0.25) is 0 Å². The third-order valence-corrected chi connectivity index (χ3v) is 14.7. The van der Waals surface area contributed by atoms with Gasteiger partial charge >= 0.3 is 0 Å². The van der Waals surface area contributed by atoms with Crippen LogP contribution in [-0.2, 0) is 13.0 Å². The molecule has 0 spiro atoms. The smallest absolute Gasteiger partial charge is 0.159 e. The van der Waals surface area contributed by atoms with Crippen LogP contribution >= 0.6 is 77.2 Å². The SMILES string of the molecule is Cc1cnc(-c2ccccc2)s1.Cc1cnc(Br)s1.Cc1sc(-c2ccccc2)nc1Br.Cc1sc(-c2ccccc2)nc1N1CCc2[nH]c(-c3c(F)cccc3F)cc2C1. The number of hydrogen-bond donors (Lipinski definition) is 1. The summed E-state index contributed by atoms with van der Waals surface area (Å²) >= 11 is 13.4. The minimum Gasteiger partial charge on any atom is -0.358 e. The lowest BCUT2D eigenvalue weighted by Crippen LogP contribution is -2.30. The van der Waals surface area contributed by atoms with Gasteiger partial charge in [-0.25, -0.2) is 28.7 Å². The van der Waals surface area contributed by atoms with E-state index < -0.39 is 11.6 Å². The Morgan fingerprint density at radius 2 is 1.15 bits per heavy atom. The molecule has 1 aliphatic heterocycles. The number of aryl methyl sites for hydroxylation is 4. The highest BCUT2D eigenvalue weighted by atomic mass is 79.9. The van der Waals surface area contributed by atoms with Gasteiger partial charge in [-0.15, -0.1) is 45.3 Å². The Balaban J connectivity index is 0.000000144. The Hall–Kier alpha value is -4.70. The van der Waals surface area contributed by atoms with Crippen molar-refractivity contribution in [1.29, 1.82) is 0 Å². The Morgan fingerprint density at radius 1 is 0.607 bits per heavy atom. The van der Waals surface area contributed by atoms with Gasteiger partial charge in [-0.3, -0.25) is 0 Å². The highest BCUT2D eigenvalue weighted by Gasteiger charge is 2.24. The van der Waals surface area contributed by atoms with Gasteiger partial charge in [0.2, 0.25) is 0 Å². The third-order valence-electron chi connectivity index (χ3n) is 9.30. The molecule has 0 aliphatic carbocycles. The van der Waals surface area contributed by atoms with Gasteiger partial charge in [-0.2, -0.15) is 0 Å². The summed E-state index contributed by atoms with van der Waals surface area (Å²) < 4.78 is 30.3. The van der Waals surface area contributed by atoms with Crippen LogP contribution in [0.5, 0.6) is 0 Å². The molecule has 0 fully saturated rings. The standard InChI is InChI=1S/C23H19F2N3S.C10H8BrNS.C10H9NS.C4H4BrNS/c1-14-22(27-23(29-14)15-6-3-2-4-7-15)28-11-10-19-16(13-28)12-20(26-19)21-17(24)8-5-9-18(21)25;1-7-9(11)12-10(13-7)8-5-3-2-4-6-8;1-8-7-11-10(12-8)9-5-3-2-4-6-9;1-3-2-6-4(5)7-3/h2-9,12,26H,10-11,13H2,1H3;2-6H,1H3;2-7H,1H3;2H,1H3. The van der Waals surface area contributed by atoms with Gasteiger partial charge in [0.1, 0.15) is 37.1 Å². The van der Waals surface area contributed by atoms with Crippen LogP contribution in [0, 0.1) is 39.3 Å². The Kier molecular flexibility index (Phi) is 15.2. The average Bonchev–Trinajstić information content (AvgIpc) is 4.12. The van der Waals surface area contributed by atoms with Crippen LogP contribution in [0.15, 0.2) is 136 Å². The monoisotopic (exact) mass is 1010 g/mol. The number of rotatable bonds is 5. The van der Waals surface area contributed by atoms with E-state index in [0.29, 0.717) is 12.2 Å². The van der Waals surface area contributed by atoms with E-state index in [-0.39, 0.29) is 5.56 Å². The Bertz CT molecular complexity index is 2740. The van der Waals surface area contributed by atoms with Gasteiger partial charge in [0.05, 0.1) is 11.3 Å². The molecular formula is C47H40Br2F2N6S4. The molecule has 1 aliphatic rings. The number of aromatic amines is 1. The lowest BCUT2D eigenvalue weighted by Gasteiger charge is -2.27. The first-order valence-electron chi connectivity index (χ1n) is 19.2. The number of anilines is 1. The predicted molar refractivity (Wildman–Crippen MR) is 260 cm³/mol. The molecule has 310 valence electrons. The maximum Gasteiger partial charge on any atom is 0.159 e. The molecule has 0 unspecified atom stereocenters. The summed E-state index contributed by atoms with van der Waals surface area (Å²) in [6.07, 6.45) is 4.53. The summed E-state index contributed by atoms with van der Waals surface area (Å²) in [5, 5.41) is 3.19. The zero-order valence-electron chi connectivity index (χ0n) is 33.6. The molecule has 5 aromatic heterocycles. The second kappa shape index (κ2) is 20.9. The zero-order valence-corrected chi connectivity index (χ0v) is 40.1. The predicted octanol–water partition coefficient (Wildman–Crippen LogP) is 15.2. The van der Waals surface area contributed by atoms with Crippen molar-refractivity contribution < 1.29 is 8.78 Å². The van der Waals surface area contributed by atoms with Crippen molar-refractivity contribution in [2.24, 2.45) is 0 Å². The van der Waals surface area contributed by atoms with Crippen LogP contribution in [0.4, 0.5) is 14.6 Å². The molecule has 0 radical (unpaired) electrons. The number of halogens is 4. The minimum atomic E-state index is -0.552. The molecule has 6 nitrogen and oxygen atoms in total. The quantitative estimate of drug-likeness (QED) is 0.186. The largest absolute Gasteiger partial charge is 0.358 e. The van der Waals surface area contributed by atoms with E-state index in [1.165, 1.54) is 48.8 Å². The molecule has 0 saturated carbocycles. The van der Waals surface area contributed by atoms with Crippen LogP contribution in [0.3, 0.4) is 0 Å². The number of fused-ring (bicyclic) bond motifs is 1. The Labute approximate surface area is 387 Å². The highest BCUT2D eigenvalue weighted by Crippen LogP contribution is 2.36. The number of nitrogens with one attached hydrogen (secondary N) is 1. The van der Waals surface area contributed by atoms with Crippen molar-refractivity contribution in [1.82, 2.24) is 24.9 Å². The number of aromatic nitrogens is 5. The third kappa shape index (κ3) is 11.6. The molecule has 0 saturated heterocycles. The molecule has 9 aromatic rings. The van der Waals surface area contributed by atoms with E-state index in [0.717, 1.165) is 59.1 Å². The molecular weight excluding hydrogens is 975 g/mol. The van der Waals surface area contributed by atoms with Gasteiger partial charge in [0.25, 0.3) is 0 Å². The molecule has 6 heterocycles. The van der Waals surface area contributed by atoms with E-state index in [4.69, 9.17) is 4.98 Å². The van der Waals surface area contributed by atoms with E-state index in [1.54, 1.807) is 45.3 Å². The number of H-pyrrole nitrogens is 1. The second-order valence-electron chi connectivity index (χ2n) is 13.8. The first-order valence-corrected chi connectivity index (χ1v) is 24.0. The van der Waals surface area contributed by atoms with E-state index in [1.807, 2.05) is 80.0 Å². The number of thiazole rings is 4.